The van der Waals surface area contributed by atoms with Gasteiger partial charge in [-0.2, -0.15) is 0 Å². The quantitative estimate of drug-likeness (QED) is 0.293. The van der Waals surface area contributed by atoms with Crippen LogP contribution in [0.5, 0.6) is 28.7 Å². The highest BCUT2D eigenvalue weighted by Crippen LogP contribution is 2.46. The van der Waals surface area contributed by atoms with Gasteiger partial charge in [0, 0.05) is 24.5 Å². The number of hydrogen-bond donors (Lipinski definition) is 1. The second-order valence-electron chi connectivity index (χ2n) is 8.31. The Morgan fingerprint density at radius 2 is 1.65 bits per heavy atom. The van der Waals surface area contributed by atoms with Crippen LogP contribution in [0.4, 0.5) is 0 Å². The third-order valence-electron chi connectivity index (χ3n) is 6.29. The first-order valence-corrected chi connectivity index (χ1v) is 11.3. The van der Waals surface area contributed by atoms with E-state index in [1.165, 1.54) is 26.2 Å². The van der Waals surface area contributed by atoms with Gasteiger partial charge in [0.25, 0.3) is 11.7 Å². The van der Waals surface area contributed by atoms with E-state index in [0.29, 0.717) is 39.9 Å². The van der Waals surface area contributed by atoms with Crippen LogP contribution in [-0.2, 0) is 16.1 Å². The van der Waals surface area contributed by atoms with Crippen molar-refractivity contribution in [3.63, 3.8) is 0 Å². The van der Waals surface area contributed by atoms with Gasteiger partial charge in [-0.3, -0.25) is 14.6 Å². The third-order valence-corrected chi connectivity index (χ3v) is 6.29. The maximum atomic E-state index is 13.4. The zero-order valence-electron chi connectivity index (χ0n) is 20.4. The van der Waals surface area contributed by atoms with Crippen LogP contribution in [0.15, 0.2) is 60.4 Å². The van der Waals surface area contributed by atoms with Gasteiger partial charge in [-0.15, -0.1) is 0 Å². The van der Waals surface area contributed by atoms with Crippen LogP contribution < -0.4 is 23.7 Å². The molecule has 3 heterocycles. The molecule has 0 radical (unpaired) electrons. The van der Waals surface area contributed by atoms with E-state index in [0.717, 1.165) is 5.56 Å². The summed E-state index contributed by atoms with van der Waals surface area (Å²) in [6, 6.07) is 10.7. The Kier molecular flexibility index (Phi) is 6.31. The molecule has 190 valence electrons. The van der Waals surface area contributed by atoms with E-state index in [9.17, 15) is 14.7 Å². The van der Waals surface area contributed by atoms with Crippen LogP contribution in [0.1, 0.15) is 22.7 Å². The number of ether oxygens (including phenoxy) is 5. The van der Waals surface area contributed by atoms with Gasteiger partial charge >= 0.3 is 0 Å². The molecule has 1 N–H and O–H groups in total. The van der Waals surface area contributed by atoms with Crippen molar-refractivity contribution in [2.75, 3.05) is 28.1 Å². The van der Waals surface area contributed by atoms with E-state index in [-0.39, 0.29) is 24.7 Å². The van der Waals surface area contributed by atoms with Gasteiger partial charge in [0.1, 0.15) is 5.76 Å². The highest BCUT2D eigenvalue weighted by molar-refractivity contribution is 6.46. The largest absolute Gasteiger partial charge is 0.507 e. The minimum atomic E-state index is -0.952. The fourth-order valence-electron chi connectivity index (χ4n) is 4.53. The number of methoxy groups -OCH3 is 3. The lowest BCUT2D eigenvalue weighted by Crippen LogP contribution is -2.29. The predicted octanol–water partition coefficient (Wildman–Crippen LogP) is 3.46. The molecular formula is C27H24N2O8. The molecule has 10 nitrogen and oxygen atoms in total. The van der Waals surface area contributed by atoms with Gasteiger partial charge in [-0.05, 0) is 53.6 Å². The molecule has 0 aliphatic carbocycles. The summed E-state index contributed by atoms with van der Waals surface area (Å²) in [5, 5.41) is 11.4. The second-order valence-corrected chi connectivity index (χ2v) is 8.31. The van der Waals surface area contributed by atoms with Gasteiger partial charge < -0.3 is 33.7 Å². The second kappa shape index (κ2) is 9.73. The van der Waals surface area contributed by atoms with Gasteiger partial charge in [0.15, 0.2) is 23.0 Å². The summed E-state index contributed by atoms with van der Waals surface area (Å²) in [6.45, 7) is 0.160. The fraction of sp³-hybridized carbons (Fsp3) is 0.222. The molecule has 1 aromatic heterocycles. The highest BCUT2D eigenvalue weighted by Gasteiger charge is 2.46. The number of likely N-dealkylation sites (tertiary alicyclic amines) is 1. The monoisotopic (exact) mass is 504 g/mol. The Labute approximate surface area is 212 Å². The van der Waals surface area contributed by atoms with Crippen molar-refractivity contribution in [1.29, 1.82) is 0 Å². The van der Waals surface area contributed by atoms with Crippen molar-refractivity contribution in [2.24, 2.45) is 0 Å². The molecule has 3 aromatic rings. The Morgan fingerprint density at radius 3 is 2.30 bits per heavy atom. The number of hydrogen-bond acceptors (Lipinski definition) is 9. The Balaban J connectivity index is 1.70. The number of pyridine rings is 1. The number of rotatable bonds is 7. The maximum Gasteiger partial charge on any atom is 0.295 e. The van der Waals surface area contributed by atoms with Gasteiger partial charge in [-0.1, -0.05) is 0 Å². The minimum absolute atomic E-state index is 0.0569. The lowest BCUT2D eigenvalue weighted by Gasteiger charge is -2.26. The Bertz CT molecular complexity index is 1380. The Hall–Kier alpha value is -4.73. The van der Waals surface area contributed by atoms with Crippen LogP contribution in [0, 0.1) is 0 Å². The summed E-state index contributed by atoms with van der Waals surface area (Å²) in [4.78, 5) is 32.2. The van der Waals surface area contributed by atoms with Crippen molar-refractivity contribution >= 4 is 17.4 Å². The molecular weight excluding hydrogens is 480 g/mol. The molecule has 0 saturated carbocycles. The molecule has 2 aliphatic rings. The molecule has 1 amide bonds. The molecule has 2 aromatic carbocycles. The van der Waals surface area contributed by atoms with Crippen LogP contribution in [0.25, 0.3) is 5.76 Å². The van der Waals surface area contributed by atoms with E-state index < -0.39 is 17.7 Å². The molecule has 1 atom stereocenters. The number of Topliss-reactive ketones (excluding diaryl/α,β-unsaturated/α-hetero) is 1. The topological polar surface area (TPSA) is 117 Å². The SMILES string of the molecule is COc1cc([C@H]2C(=C(O)c3ccc4c(c3)OCO4)C(=O)C(=O)N2Cc2ccncc2)cc(OC)c1OC. The van der Waals surface area contributed by atoms with E-state index in [4.69, 9.17) is 23.7 Å². The summed E-state index contributed by atoms with van der Waals surface area (Å²) >= 11 is 0. The molecule has 0 spiro atoms. The standard InChI is InChI=1S/C27H24N2O8/c1-33-20-11-17(12-21(34-2)26(20)35-3)23-22(24(30)16-4-5-18-19(10-16)37-14-36-18)25(31)27(32)29(23)13-15-6-8-28-9-7-15/h4-12,23,30H,13-14H2,1-3H3/t23-/m0/s1. The summed E-state index contributed by atoms with van der Waals surface area (Å²) in [6.07, 6.45) is 3.21. The number of aliphatic hydroxyl groups is 1. The molecule has 1 saturated heterocycles. The average molecular weight is 504 g/mol. The highest BCUT2D eigenvalue weighted by atomic mass is 16.7. The summed E-state index contributed by atoms with van der Waals surface area (Å²) < 4.78 is 27.2. The fourth-order valence-corrected chi connectivity index (χ4v) is 4.53. The van der Waals surface area contributed by atoms with Crippen molar-refractivity contribution in [2.45, 2.75) is 12.6 Å². The van der Waals surface area contributed by atoms with E-state index >= 15 is 0 Å². The number of fused-ring (bicyclic) bond motifs is 1. The minimum Gasteiger partial charge on any atom is -0.507 e. The van der Waals surface area contributed by atoms with Gasteiger partial charge in [0.2, 0.25) is 12.5 Å². The third kappa shape index (κ3) is 4.16. The Morgan fingerprint density at radius 1 is 0.973 bits per heavy atom. The van der Waals surface area contributed by atoms with Gasteiger partial charge in [0.05, 0.1) is 32.9 Å². The van der Waals surface area contributed by atoms with E-state index in [2.05, 4.69) is 4.98 Å². The summed E-state index contributed by atoms with van der Waals surface area (Å²) in [5.41, 5.74) is 1.48. The average Bonchev–Trinajstić information content (AvgIpc) is 3.50. The lowest BCUT2D eigenvalue weighted by molar-refractivity contribution is -0.140. The summed E-state index contributed by atoms with van der Waals surface area (Å²) in [5.74, 6) is 0.0863. The molecule has 0 bridgehead atoms. The summed E-state index contributed by atoms with van der Waals surface area (Å²) in [7, 11) is 4.43. The van der Waals surface area contributed by atoms with Crippen molar-refractivity contribution < 1.29 is 38.4 Å². The van der Waals surface area contributed by atoms with E-state index in [1.54, 1.807) is 54.9 Å². The van der Waals surface area contributed by atoms with E-state index in [1.807, 2.05) is 0 Å². The van der Waals surface area contributed by atoms with Crippen LogP contribution in [0.3, 0.4) is 0 Å². The first-order valence-electron chi connectivity index (χ1n) is 11.3. The molecule has 37 heavy (non-hydrogen) atoms. The molecule has 0 unspecified atom stereocenters. The number of amides is 1. The number of nitrogens with zero attached hydrogens (tertiary/aromatic N) is 2. The normalized spacial score (nSPS) is 17.7. The molecule has 5 rings (SSSR count). The number of carbonyl (C=O) groups excluding carboxylic acids is 2. The molecule has 2 aliphatic heterocycles. The number of aromatic nitrogens is 1. The van der Waals surface area contributed by atoms with Crippen molar-refractivity contribution in [1.82, 2.24) is 9.88 Å². The number of aliphatic hydroxyl groups excluding tert-OH is 1. The first-order chi connectivity index (χ1) is 18.0. The molecule has 1 fully saturated rings. The zero-order valence-corrected chi connectivity index (χ0v) is 20.4. The van der Waals surface area contributed by atoms with Crippen LogP contribution >= 0.6 is 0 Å². The van der Waals surface area contributed by atoms with Crippen LogP contribution in [-0.4, -0.2) is 54.8 Å². The number of carbonyl (C=O) groups is 2. The first kappa shape index (κ1) is 24.0. The predicted molar refractivity (Wildman–Crippen MR) is 131 cm³/mol. The lowest BCUT2D eigenvalue weighted by atomic mass is 9.94. The van der Waals surface area contributed by atoms with Gasteiger partial charge in [-0.25, -0.2) is 0 Å². The molecule has 10 heteroatoms. The van der Waals surface area contributed by atoms with Crippen LogP contribution in [0.2, 0.25) is 0 Å². The maximum absolute atomic E-state index is 13.4. The van der Waals surface area contributed by atoms with Crippen molar-refractivity contribution in [3.8, 4) is 28.7 Å². The smallest absolute Gasteiger partial charge is 0.295 e. The number of ketones is 1. The zero-order chi connectivity index (χ0) is 26.1. The number of benzene rings is 2. The van der Waals surface area contributed by atoms with Crippen molar-refractivity contribution in [3.05, 3.63) is 77.1 Å².